The van der Waals surface area contributed by atoms with Crippen LogP contribution in [0.4, 0.5) is 10.1 Å². The number of fused-ring (bicyclic) bond motifs is 1. The average Bonchev–Trinajstić information content (AvgIpc) is 2.99. The molecule has 1 N–H and O–H groups in total. The lowest BCUT2D eigenvalue weighted by Crippen LogP contribution is -2.33. The van der Waals surface area contributed by atoms with Gasteiger partial charge in [-0.15, -0.1) is 0 Å². The molecule has 6 heteroatoms. The molecule has 1 saturated heterocycles. The monoisotopic (exact) mass is 384 g/mol. The zero-order valence-corrected chi connectivity index (χ0v) is 16.0. The lowest BCUT2D eigenvalue weighted by Gasteiger charge is -2.25. The highest BCUT2D eigenvalue weighted by Gasteiger charge is 2.28. The fourth-order valence-corrected chi connectivity index (χ4v) is 3.88. The number of carbonyl (C=O) groups is 1. The van der Waals surface area contributed by atoms with Gasteiger partial charge < -0.3 is 14.8 Å². The SMILES string of the molecule is Cc1ccc(NC(=O)CN2CCCC2c2ccc3c(c2)OCCCO3)c(F)c1. The van der Waals surface area contributed by atoms with Gasteiger partial charge in [0.25, 0.3) is 0 Å². The topological polar surface area (TPSA) is 50.8 Å². The van der Waals surface area contributed by atoms with Crippen LogP contribution in [0.3, 0.4) is 0 Å². The van der Waals surface area contributed by atoms with Crippen molar-refractivity contribution in [2.75, 3.05) is 31.6 Å². The maximum absolute atomic E-state index is 14.0. The summed E-state index contributed by atoms with van der Waals surface area (Å²) >= 11 is 0. The molecule has 2 aliphatic rings. The van der Waals surface area contributed by atoms with Crippen LogP contribution >= 0.6 is 0 Å². The lowest BCUT2D eigenvalue weighted by molar-refractivity contribution is -0.117. The highest BCUT2D eigenvalue weighted by molar-refractivity contribution is 5.92. The maximum Gasteiger partial charge on any atom is 0.238 e. The zero-order valence-electron chi connectivity index (χ0n) is 16.0. The minimum absolute atomic E-state index is 0.144. The Morgan fingerprint density at radius 2 is 1.96 bits per heavy atom. The van der Waals surface area contributed by atoms with E-state index in [1.807, 2.05) is 25.1 Å². The number of benzene rings is 2. The van der Waals surface area contributed by atoms with Crippen LogP contribution in [0.5, 0.6) is 11.5 Å². The van der Waals surface area contributed by atoms with Crippen LogP contribution in [-0.2, 0) is 4.79 Å². The molecule has 2 heterocycles. The van der Waals surface area contributed by atoms with Gasteiger partial charge in [0.15, 0.2) is 11.5 Å². The Morgan fingerprint density at radius 1 is 1.14 bits per heavy atom. The molecule has 1 amide bonds. The number of aryl methyl sites for hydroxylation is 1. The Hall–Kier alpha value is -2.60. The van der Waals surface area contributed by atoms with Gasteiger partial charge in [-0.3, -0.25) is 9.69 Å². The van der Waals surface area contributed by atoms with Gasteiger partial charge in [-0.05, 0) is 61.7 Å². The lowest BCUT2D eigenvalue weighted by atomic mass is 10.0. The number of carbonyl (C=O) groups excluding carboxylic acids is 1. The second-order valence-corrected chi connectivity index (χ2v) is 7.42. The van der Waals surface area contributed by atoms with Crippen molar-refractivity contribution in [2.45, 2.75) is 32.2 Å². The molecular weight excluding hydrogens is 359 g/mol. The first-order chi connectivity index (χ1) is 13.6. The molecule has 1 unspecified atom stereocenters. The largest absolute Gasteiger partial charge is 0.490 e. The summed E-state index contributed by atoms with van der Waals surface area (Å²) in [5.74, 6) is 0.935. The summed E-state index contributed by atoms with van der Waals surface area (Å²) in [4.78, 5) is 14.6. The molecule has 1 atom stereocenters. The Kier molecular flexibility index (Phi) is 5.48. The fraction of sp³-hybridized carbons (Fsp3) is 0.409. The van der Waals surface area contributed by atoms with Crippen LogP contribution < -0.4 is 14.8 Å². The molecular formula is C22H25FN2O3. The first-order valence-electron chi connectivity index (χ1n) is 9.80. The summed E-state index contributed by atoms with van der Waals surface area (Å²) in [6.07, 6.45) is 2.87. The molecule has 2 aliphatic heterocycles. The Bertz CT molecular complexity index is 871. The third-order valence-electron chi connectivity index (χ3n) is 5.27. The smallest absolute Gasteiger partial charge is 0.238 e. The second-order valence-electron chi connectivity index (χ2n) is 7.42. The molecule has 1 fully saturated rings. The van der Waals surface area contributed by atoms with Crippen molar-refractivity contribution in [1.82, 2.24) is 4.90 Å². The van der Waals surface area contributed by atoms with Gasteiger partial charge in [-0.1, -0.05) is 12.1 Å². The summed E-state index contributed by atoms with van der Waals surface area (Å²) in [7, 11) is 0. The summed E-state index contributed by atoms with van der Waals surface area (Å²) in [6.45, 7) is 4.20. The van der Waals surface area contributed by atoms with E-state index in [1.54, 1.807) is 12.1 Å². The number of nitrogens with zero attached hydrogens (tertiary/aromatic N) is 1. The standard InChI is InChI=1S/C22H25FN2O3/c1-15-5-7-18(17(23)12-15)24-22(26)14-25-9-2-4-19(25)16-6-8-20-21(13-16)28-11-3-10-27-20/h5-8,12-13,19H,2-4,9-11,14H2,1H3,(H,24,26). The molecule has 0 bridgehead atoms. The summed E-state index contributed by atoms with van der Waals surface area (Å²) in [5.41, 5.74) is 2.17. The summed E-state index contributed by atoms with van der Waals surface area (Å²) in [6, 6.07) is 11.0. The molecule has 0 saturated carbocycles. The molecule has 0 aromatic heterocycles. The number of ether oxygens (including phenoxy) is 2. The van der Waals surface area contributed by atoms with Crippen LogP contribution in [0.2, 0.25) is 0 Å². The average molecular weight is 384 g/mol. The Labute approximate surface area is 164 Å². The van der Waals surface area contributed by atoms with Gasteiger partial charge in [-0.2, -0.15) is 0 Å². The molecule has 0 spiro atoms. The number of anilines is 1. The Balaban J connectivity index is 1.45. The van der Waals surface area contributed by atoms with Crippen molar-refractivity contribution < 1.29 is 18.7 Å². The van der Waals surface area contributed by atoms with Gasteiger partial charge in [-0.25, -0.2) is 4.39 Å². The third kappa shape index (κ3) is 4.12. The van der Waals surface area contributed by atoms with Crippen LogP contribution in [0, 0.1) is 12.7 Å². The van der Waals surface area contributed by atoms with Crippen LogP contribution in [0.15, 0.2) is 36.4 Å². The predicted molar refractivity (Wildman–Crippen MR) is 105 cm³/mol. The van der Waals surface area contributed by atoms with Crippen molar-refractivity contribution in [3.8, 4) is 11.5 Å². The minimum Gasteiger partial charge on any atom is -0.490 e. The third-order valence-corrected chi connectivity index (χ3v) is 5.27. The zero-order chi connectivity index (χ0) is 19.5. The van der Waals surface area contributed by atoms with Crippen molar-refractivity contribution in [1.29, 1.82) is 0 Å². The molecule has 0 aliphatic carbocycles. The molecule has 2 aromatic carbocycles. The van der Waals surface area contributed by atoms with Crippen LogP contribution in [-0.4, -0.2) is 37.1 Å². The van der Waals surface area contributed by atoms with Gasteiger partial charge in [0.1, 0.15) is 5.82 Å². The maximum atomic E-state index is 14.0. The predicted octanol–water partition coefficient (Wildman–Crippen LogP) is 4.07. The van der Waals surface area contributed by atoms with E-state index < -0.39 is 5.82 Å². The van der Waals surface area contributed by atoms with E-state index in [4.69, 9.17) is 9.47 Å². The normalized spacial score (nSPS) is 19.3. The minimum atomic E-state index is -0.408. The van der Waals surface area contributed by atoms with E-state index >= 15 is 0 Å². The van der Waals surface area contributed by atoms with Gasteiger partial charge in [0.05, 0.1) is 25.4 Å². The first-order valence-corrected chi connectivity index (χ1v) is 9.80. The molecule has 148 valence electrons. The quantitative estimate of drug-likeness (QED) is 0.863. The number of amides is 1. The fourth-order valence-electron chi connectivity index (χ4n) is 3.88. The van der Waals surface area contributed by atoms with Crippen molar-refractivity contribution >= 4 is 11.6 Å². The van der Waals surface area contributed by atoms with Gasteiger partial charge in [0, 0.05) is 12.5 Å². The Morgan fingerprint density at radius 3 is 2.79 bits per heavy atom. The first kappa shape index (κ1) is 18.7. The van der Waals surface area contributed by atoms with E-state index in [-0.39, 0.29) is 24.2 Å². The molecule has 28 heavy (non-hydrogen) atoms. The van der Waals surface area contributed by atoms with E-state index in [2.05, 4.69) is 10.2 Å². The highest BCUT2D eigenvalue weighted by Crippen LogP contribution is 2.37. The molecule has 4 rings (SSSR count). The number of nitrogens with one attached hydrogen (secondary N) is 1. The number of rotatable bonds is 4. The molecule has 2 aromatic rings. The van der Waals surface area contributed by atoms with E-state index in [9.17, 15) is 9.18 Å². The van der Waals surface area contributed by atoms with Gasteiger partial charge >= 0.3 is 0 Å². The van der Waals surface area contributed by atoms with Gasteiger partial charge in [0.2, 0.25) is 5.91 Å². The summed E-state index contributed by atoms with van der Waals surface area (Å²) < 4.78 is 25.5. The van der Waals surface area contributed by atoms with Crippen molar-refractivity contribution in [2.24, 2.45) is 0 Å². The van der Waals surface area contributed by atoms with Crippen molar-refractivity contribution in [3.05, 3.63) is 53.3 Å². The number of hydrogen-bond donors (Lipinski definition) is 1. The van der Waals surface area contributed by atoms with Crippen molar-refractivity contribution in [3.63, 3.8) is 0 Å². The number of halogens is 1. The molecule has 5 nitrogen and oxygen atoms in total. The van der Waals surface area contributed by atoms with E-state index in [1.165, 1.54) is 6.07 Å². The molecule has 0 radical (unpaired) electrons. The van der Waals surface area contributed by atoms with E-state index in [0.717, 1.165) is 48.4 Å². The highest BCUT2D eigenvalue weighted by atomic mass is 19.1. The summed E-state index contributed by atoms with van der Waals surface area (Å²) in [5, 5.41) is 2.69. The number of likely N-dealkylation sites (tertiary alicyclic amines) is 1. The van der Waals surface area contributed by atoms with Crippen LogP contribution in [0.1, 0.15) is 36.4 Å². The van der Waals surface area contributed by atoms with E-state index in [0.29, 0.717) is 13.2 Å². The second kappa shape index (κ2) is 8.19. The number of hydrogen-bond acceptors (Lipinski definition) is 4. The van der Waals surface area contributed by atoms with Crippen LogP contribution in [0.25, 0.3) is 0 Å².